The van der Waals surface area contributed by atoms with Gasteiger partial charge in [0.1, 0.15) is 11.6 Å². The van der Waals surface area contributed by atoms with E-state index in [1.54, 1.807) is 11.3 Å². The fraction of sp³-hybridized carbons (Fsp3) is 0.417. The minimum Gasteiger partial charge on any atom is -0.334 e. The van der Waals surface area contributed by atoms with Gasteiger partial charge in [-0.25, -0.2) is 9.67 Å². The van der Waals surface area contributed by atoms with Gasteiger partial charge in [-0.2, -0.15) is 5.10 Å². The van der Waals surface area contributed by atoms with Crippen molar-refractivity contribution in [1.82, 2.24) is 19.7 Å². The van der Waals surface area contributed by atoms with Crippen LogP contribution in [0.3, 0.4) is 0 Å². The third-order valence-corrected chi connectivity index (χ3v) is 5.01. The van der Waals surface area contributed by atoms with Crippen LogP contribution in [-0.4, -0.2) is 38.7 Å². The number of likely N-dealkylation sites (tertiary alicyclic amines) is 1. The topological polar surface area (TPSA) is 51.0 Å². The molecule has 2 aromatic heterocycles. The predicted octanol–water partition coefficient (Wildman–Crippen LogP) is 2.26. The van der Waals surface area contributed by atoms with Gasteiger partial charge >= 0.3 is 0 Å². The smallest absolute Gasteiger partial charge is 0.254 e. The van der Waals surface area contributed by atoms with Crippen molar-refractivity contribution in [2.45, 2.75) is 19.9 Å². The highest BCUT2D eigenvalue weighted by Crippen LogP contribution is 2.25. The van der Waals surface area contributed by atoms with E-state index in [0.717, 1.165) is 33.2 Å². The third kappa shape index (κ3) is 2.40. The van der Waals surface area contributed by atoms with E-state index in [-0.39, 0.29) is 11.9 Å². The normalized spacial score (nSPS) is 15.6. The van der Waals surface area contributed by atoms with E-state index in [9.17, 15) is 4.79 Å². The number of rotatable bonds is 2. The summed E-state index contributed by atoms with van der Waals surface area (Å²) in [5, 5.41) is 6.29. The van der Waals surface area contributed by atoms with Gasteiger partial charge < -0.3 is 4.90 Å². The van der Waals surface area contributed by atoms with Crippen LogP contribution in [0.25, 0.3) is 0 Å². The lowest BCUT2D eigenvalue weighted by Gasteiger charge is -2.39. The molecule has 100 valence electrons. The van der Waals surface area contributed by atoms with Crippen molar-refractivity contribution in [2.75, 3.05) is 13.1 Å². The monoisotopic (exact) mass is 388 g/mol. The zero-order chi connectivity index (χ0) is 13.6. The number of carbonyl (C=O) groups excluding carboxylic acids is 1. The zero-order valence-corrected chi connectivity index (χ0v) is 13.6. The van der Waals surface area contributed by atoms with Crippen molar-refractivity contribution in [2.24, 2.45) is 0 Å². The SMILES string of the molecule is Cc1nc(C)n(C2CN(C(=O)c3csc(I)c3)C2)n1. The Bertz CT molecular complexity index is 629. The summed E-state index contributed by atoms with van der Waals surface area (Å²) in [5.41, 5.74) is 0.791. The average molecular weight is 388 g/mol. The van der Waals surface area contributed by atoms with Crippen LogP contribution in [0.15, 0.2) is 11.4 Å². The Morgan fingerprint density at radius 1 is 1.47 bits per heavy atom. The van der Waals surface area contributed by atoms with Crippen molar-refractivity contribution in [3.63, 3.8) is 0 Å². The molecule has 3 rings (SSSR count). The second-order valence-corrected chi connectivity index (χ2v) is 7.46. The number of halogens is 1. The molecule has 0 bridgehead atoms. The lowest BCUT2D eigenvalue weighted by molar-refractivity contribution is 0.0497. The van der Waals surface area contributed by atoms with Crippen LogP contribution in [-0.2, 0) is 0 Å². The number of hydrogen-bond acceptors (Lipinski definition) is 4. The van der Waals surface area contributed by atoms with Crippen LogP contribution >= 0.6 is 33.9 Å². The first-order valence-corrected chi connectivity index (χ1v) is 7.93. The Morgan fingerprint density at radius 2 is 2.21 bits per heavy atom. The predicted molar refractivity (Wildman–Crippen MR) is 81.5 cm³/mol. The van der Waals surface area contributed by atoms with E-state index in [0.29, 0.717) is 0 Å². The van der Waals surface area contributed by atoms with Gasteiger partial charge in [0.25, 0.3) is 5.91 Å². The summed E-state index contributed by atoms with van der Waals surface area (Å²) in [4.78, 5) is 18.3. The maximum atomic E-state index is 12.2. The summed E-state index contributed by atoms with van der Waals surface area (Å²) in [6, 6.07) is 2.20. The van der Waals surface area contributed by atoms with E-state index < -0.39 is 0 Å². The standard InChI is InChI=1S/C12H13IN4OS/c1-7-14-8(2)17(15-7)10-4-16(5-10)12(18)9-3-11(13)19-6-9/h3,6,10H,4-5H2,1-2H3. The number of aryl methyl sites for hydroxylation is 2. The minimum absolute atomic E-state index is 0.116. The third-order valence-electron chi connectivity index (χ3n) is 3.22. The minimum atomic E-state index is 0.116. The maximum Gasteiger partial charge on any atom is 0.254 e. The molecule has 1 aliphatic heterocycles. The average Bonchev–Trinajstić information content (AvgIpc) is 2.84. The molecule has 0 spiro atoms. The highest BCUT2D eigenvalue weighted by molar-refractivity contribution is 14.1. The largest absolute Gasteiger partial charge is 0.334 e. The number of amides is 1. The highest BCUT2D eigenvalue weighted by Gasteiger charge is 2.34. The fourth-order valence-electron chi connectivity index (χ4n) is 2.26. The molecule has 0 saturated carbocycles. The molecule has 0 radical (unpaired) electrons. The molecule has 1 aliphatic rings. The number of thiophene rings is 1. The fourth-order valence-corrected chi connectivity index (χ4v) is 3.58. The number of carbonyl (C=O) groups is 1. The molecule has 19 heavy (non-hydrogen) atoms. The van der Waals surface area contributed by atoms with Crippen molar-refractivity contribution >= 4 is 39.8 Å². The van der Waals surface area contributed by atoms with Gasteiger partial charge in [-0.05, 0) is 42.5 Å². The Morgan fingerprint density at radius 3 is 2.74 bits per heavy atom. The molecule has 2 aromatic rings. The molecule has 1 saturated heterocycles. The second kappa shape index (κ2) is 4.86. The molecule has 0 aliphatic carbocycles. The van der Waals surface area contributed by atoms with Gasteiger partial charge in [0.05, 0.1) is 14.5 Å². The van der Waals surface area contributed by atoms with Crippen LogP contribution < -0.4 is 0 Å². The van der Waals surface area contributed by atoms with Gasteiger partial charge in [0, 0.05) is 18.5 Å². The van der Waals surface area contributed by atoms with Gasteiger partial charge in [-0.3, -0.25) is 4.79 Å². The number of nitrogens with zero attached hydrogens (tertiary/aromatic N) is 4. The van der Waals surface area contributed by atoms with Crippen molar-refractivity contribution in [3.05, 3.63) is 31.5 Å². The summed E-state index contributed by atoms with van der Waals surface area (Å²) >= 11 is 3.83. The van der Waals surface area contributed by atoms with Gasteiger partial charge in [-0.15, -0.1) is 11.3 Å². The van der Waals surface area contributed by atoms with E-state index in [1.165, 1.54) is 0 Å². The van der Waals surface area contributed by atoms with E-state index in [4.69, 9.17) is 0 Å². The van der Waals surface area contributed by atoms with Crippen LogP contribution in [0.5, 0.6) is 0 Å². The summed E-state index contributed by atoms with van der Waals surface area (Å²) < 4.78 is 3.07. The molecule has 0 unspecified atom stereocenters. The summed E-state index contributed by atoms with van der Waals surface area (Å²) in [5.74, 6) is 1.82. The molecule has 1 fully saturated rings. The lowest BCUT2D eigenvalue weighted by Crippen LogP contribution is -2.51. The quantitative estimate of drug-likeness (QED) is 0.742. The Balaban J connectivity index is 1.67. The van der Waals surface area contributed by atoms with E-state index >= 15 is 0 Å². The van der Waals surface area contributed by atoms with E-state index in [1.807, 2.05) is 34.9 Å². The molecule has 1 amide bonds. The molecule has 7 heteroatoms. The Labute approximate surface area is 128 Å². The molecule has 0 aromatic carbocycles. The molecule has 0 N–H and O–H groups in total. The second-order valence-electron chi connectivity index (χ2n) is 4.65. The Hall–Kier alpha value is -0.960. The van der Waals surface area contributed by atoms with Crippen LogP contribution in [0.2, 0.25) is 0 Å². The first-order valence-electron chi connectivity index (χ1n) is 5.97. The van der Waals surface area contributed by atoms with Gasteiger partial charge in [-0.1, -0.05) is 0 Å². The molecular weight excluding hydrogens is 375 g/mol. The summed E-state index contributed by atoms with van der Waals surface area (Å²) in [6.07, 6.45) is 0. The highest BCUT2D eigenvalue weighted by atomic mass is 127. The van der Waals surface area contributed by atoms with Crippen LogP contribution in [0, 0.1) is 16.7 Å². The number of aromatic nitrogens is 3. The van der Waals surface area contributed by atoms with Crippen LogP contribution in [0.1, 0.15) is 28.0 Å². The van der Waals surface area contributed by atoms with E-state index in [2.05, 4.69) is 32.7 Å². The zero-order valence-electron chi connectivity index (χ0n) is 10.6. The van der Waals surface area contributed by atoms with Crippen molar-refractivity contribution < 1.29 is 4.79 Å². The lowest BCUT2D eigenvalue weighted by atomic mass is 10.1. The summed E-state index contributed by atoms with van der Waals surface area (Å²) in [7, 11) is 0. The number of hydrogen-bond donors (Lipinski definition) is 0. The van der Waals surface area contributed by atoms with Gasteiger partial charge in [0.2, 0.25) is 0 Å². The Kier molecular flexibility index (Phi) is 3.34. The molecule has 5 nitrogen and oxygen atoms in total. The van der Waals surface area contributed by atoms with Crippen molar-refractivity contribution in [3.8, 4) is 0 Å². The molecule has 3 heterocycles. The van der Waals surface area contributed by atoms with Crippen molar-refractivity contribution in [1.29, 1.82) is 0 Å². The van der Waals surface area contributed by atoms with Crippen LogP contribution in [0.4, 0.5) is 0 Å². The first-order chi connectivity index (χ1) is 9.04. The summed E-state index contributed by atoms with van der Waals surface area (Å²) in [6.45, 7) is 5.27. The van der Waals surface area contributed by atoms with Gasteiger partial charge in [0.15, 0.2) is 0 Å². The molecule has 0 atom stereocenters. The maximum absolute atomic E-state index is 12.2. The molecular formula is C12H13IN4OS. The first kappa shape index (κ1) is 13.0.